The quantitative estimate of drug-likeness (QED) is 0.847. The van der Waals surface area contributed by atoms with E-state index in [4.69, 9.17) is 4.42 Å². The first kappa shape index (κ1) is 13.0. The molecule has 1 aliphatic carbocycles. The minimum absolute atomic E-state index is 0.110. The van der Waals surface area contributed by atoms with Crippen molar-refractivity contribution in [3.8, 4) is 0 Å². The molecule has 1 aromatic rings. The molecule has 5 heteroatoms. The van der Waals surface area contributed by atoms with E-state index in [2.05, 4.69) is 12.2 Å². The maximum atomic E-state index is 11.9. The van der Waals surface area contributed by atoms with Gasteiger partial charge in [0.2, 0.25) is 11.8 Å². The zero-order valence-electron chi connectivity index (χ0n) is 11.5. The number of carbonyl (C=O) groups excluding carboxylic acids is 2. The topological polar surface area (TPSA) is 62.6 Å². The highest BCUT2D eigenvalue weighted by Crippen LogP contribution is 2.47. The zero-order valence-corrected chi connectivity index (χ0v) is 11.5. The van der Waals surface area contributed by atoms with Gasteiger partial charge in [-0.3, -0.25) is 9.59 Å². The van der Waals surface area contributed by atoms with Gasteiger partial charge < -0.3 is 14.6 Å². The van der Waals surface area contributed by atoms with Gasteiger partial charge in [-0.25, -0.2) is 0 Å². The summed E-state index contributed by atoms with van der Waals surface area (Å²) in [7, 11) is 0. The fourth-order valence-corrected chi connectivity index (χ4v) is 2.46. The van der Waals surface area contributed by atoms with Gasteiger partial charge in [0.1, 0.15) is 11.5 Å². The molecule has 2 unspecified atom stereocenters. The van der Waals surface area contributed by atoms with Gasteiger partial charge in [0.05, 0.1) is 6.54 Å². The molecule has 2 heterocycles. The van der Waals surface area contributed by atoms with Gasteiger partial charge in [-0.15, -0.1) is 0 Å². The van der Waals surface area contributed by atoms with Crippen molar-refractivity contribution in [3.63, 3.8) is 0 Å². The highest BCUT2D eigenvalue weighted by molar-refractivity contribution is 5.94. The Morgan fingerprint density at radius 3 is 3.00 bits per heavy atom. The van der Waals surface area contributed by atoms with Crippen LogP contribution in [0.3, 0.4) is 0 Å². The van der Waals surface area contributed by atoms with Crippen LogP contribution in [0, 0.1) is 5.92 Å². The zero-order chi connectivity index (χ0) is 14.1. The van der Waals surface area contributed by atoms with Crippen molar-refractivity contribution in [2.45, 2.75) is 19.3 Å². The molecule has 0 bridgehead atoms. The second-order valence-corrected chi connectivity index (χ2v) is 5.50. The molecule has 5 nitrogen and oxygen atoms in total. The molecule has 106 valence electrons. The second-order valence-electron chi connectivity index (χ2n) is 5.50. The van der Waals surface area contributed by atoms with Gasteiger partial charge in [-0.1, -0.05) is 6.92 Å². The average molecular weight is 274 g/mol. The first-order valence-corrected chi connectivity index (χ1v) is 6.97. The lowest BCUT2D eigenvalue weighted by Crippen LogP contribution is -2.49. The standard InChI is InChI=1S/C15H18N2O3/c1-10-8-12(10)13-4-2-11(20-13)3-5-15(19)17-7-6-16-14(18)9-17/h2-5,10,12H,6-9H2,1H3,(H,16,18)/b5-3+. The van der Waals surface area contributed by atoms with Crippen LogP contribution in [-0.2, 0) is 9.59 Å². The summed E-state index contributed by atoms with van der Waals surface area (Å²) >= 11 is 0. The summed E-state index contributed by atoms with van der Waals surface area (Å²) < 4.78 is 5.70. The highest BCUT2D eigenvalue weighted by Gasteiger charge is 2.36. The fourth-order valence-electron chi connectivity index (χ4n) is 2.46. The summed E-state index contributed by atoms with van der Waals surface area (Å²) in [5, 5.41) is 2.69. The predicted octanol–water partition coefficient (Wildman–Crippen LogP) is 1.37. The van der Waals surface area contributed by atoms with Gasteiger partial charge in [0.25, 0.3) is 0 Å². The minimum atomic E-state index is -0.155. The first-order valence-electron chi connectivity index (χ1n) is 6.97. The van der Waals surface area contributed by atoms with Crippen molar-refractivity contribution >= 4 is 17.9 Å². The van der Waals surface area contributed by atoms with Crippen LogP contribution < -0.4 is 5.32 Å². The fraction of sp³-hybridized carbons (Fsp3) is 0.467. The third kappa shape index (κ3) is 2.76. The Morgan fingerprint density at radius 1 is 1.50 bits per heavy atom. The average Bonchev–Trinajstić information content (AvgIpc) is 2.99. The molecule has 2 fully saturated rings. The van der Waals surface area contributed by atoms with Crippen LogP contribution in [0.1, 0.15) is 30.8 Å². The summed E-state index contributed by atoms with van der Waals surface area (Å²) in [4.78, 5) is 24.7. The SMILES string of the molecule is CC1CC1c1ccc(/C=C/C(=O)N2CCNC(=O)C2)o1. The molecule has 0 aromatic carbocycles. The van der Waals surface area contributed by atoms with Crippen molar-refractivity contribution in [2.75, 3.05) is 19.6 Å². The van der Waals surface area contributed by atoms with E-state index in [1.54, 1.807) is 6.08 Å². The number of nitrogens with zero attached hydrogens (tertiary/aromatic N) is 1. The van der Waals surface area contributed by atoms with Crippen LogP contribution in [0.5, 0.6) is 0 Å². The van der Waals surface area contributed by atoms with Crippen molar-refractivity contribution < 1.29 is 14.0 Å². The van der Waals surface area contributed by atoms with Crippen LogP contribution in [0.4, 0.5) is 0 Å². The van der Waals surface area contributed by atoms with Gasteiger partial charge >= 0.3 is 0 Å². The third-order valence-electron chi connectivity index (χ3n) is 3.86. The lowest BCUT2D eigenvalue weighted by Gasteiger charge is -2.25. The Labute approximate surface area is 117 Å². The molecule has 1 aliphatic heterocycles. The molecule has 0 spiro atoms. The van der Waals surface area contributed by atoms with Gasteiger partial charge in [-0.2, -0.15) is 0 Å². The number of carbonyl (C=O) groups is 2. The van der Waals surface area contributed by atoms with E-state index in [1.807, 2.05) is 12.1 Å². The van der Waals surface area contributed by atoms with E-state index in [1.165, 1.54) is 17.4 Å². The Bertz CT molecular complexity index is 561. The van der Waals surface area contributed by atoms with E-state index in [0.717, 1.165) is 5.76 Å². The normalized spacial score (nSPS) is 25.9. The highest BCUT2D eigenvalue weighted by atomic mass is 16.3. The Hall–Kier alpha value is -2.04. The van der Waals surface area contributed by atoms with Crippen LogP contribution in [0.15, 0.2) is 22.6 Å². The Balaban J connectivity index is 1.60. The maximum absolute atomic E-state index is 11.9. The van der Waals surface area contributed by atoms with E-state index in [0.29, 0.717) is 30.7 Å². The first-order chi connectivity index (χ1) is 9.63. The maximum Gasteiger partial charge on any atom is 0.247 e. The van der Waals surface area contributed by atoms with Crippen LogP contribution in [-0.4, -0.2) is 36.3 Å². The molecular formula is C15H18N2O3. The van der Waals surface area contributed by atoms with Crippen LogP contribution in [0.25, 0.3) is 6.08 Å². The number of piperazine rings is 1. The van der Waals surface area contributed by atoms with E-state index >= 15 is 0 Å². The summed E-state index contributed by atoms with van der Waals surface area (Å²) in [5.74, 6) is 2.67. The van der Waals surface area contributed by atoms with Crippen molar-refractivity contribution in [3.05, 3.63) is 29.7 Å². The largest absolute Gasteiger partial charge is 0.461 e. The number of rotatable bonds is 3. The van der Waals surface area contributed by atoms with Crippen molar-refractivity contribution in [1.82, 2.24) is 10.2 Å². The lowest BCUT2D eigenvalue weighted by atomic mass is 10.3. The summed E-state index contributed by atoms with van der Waals surface area (Å²) in [5.41, 5.74) is 0. The smallest absolute Gasteiger partial charge is 0.247 e. The van der Waals surface area contributed by atoms with Gasteiger partial charge in [-0.05, 0) is 30.5 Å². The second kappa shape index (κ2) is 5.15. The van der Waals surface area contributed by atoms with Crippen LogP contribution >= 0.6 is 0 Å². The van der Waals surface area contributed by atoms with E-state index < -0.39 is 0 Å². The molecule has 1 aromatic heterocycles. The Morgan fingerprint density at radius 2 is 2.30 bits per heavy atom. The van der Waals surface area contributed by atoms with Crippen LogP contribution in [0.2, 0.25) is 0 Å². The number of hydrogen-bond acceptors (Lipinski definition) is 3. The molecule has 0 radical (unpaired) electrons. The lowest BCUT2D eigenvalue weighted by molar-refractivity contribution is -0.134. The van der Waals surface area contributed by atoms with E-state index in [9.17, 15) is 9.59 Å². The predicted molar refractivity (Wildman–Crippen MR) is 73.9 cm³/mol. The molecule has 1 N–H and O–H groups in total. The molecular weight excluding hydrogens is 256 g/mol. The molecule has 2 aliphatic rings. The molecule has 3 rings (SSSR count). The molecule has 2 atom stereocenters. The van der Waals surface area contributed by atoms with Gasteiger partial charge in [0, 0.05) is 25.1 Å². The summed E-state index contributed by atoms with van der Waals surface area (Å²) in [6, 6.07) is 3.86. The molecule has 1 saturated carbocycles. The summed E-state index contributed by atoms with van der Waals surface area (Å²) in [6.07, 6.45) is 4.32. The monoisotopic (exact) mass is 274 g/mol. The van der Waals surface area contributed by atoms with Gasteiger partial charge in [0.15, 0.2) is 0 Å². The number of nitrogens with one attached hydrogen (secondary N) is 1. The number of hydrogen-bond donors (Lipinski definition) is 1. The summed E-state index contributed by atoms with van der Waals surface area (Å²) in [6.45, 7) is 3.40. The van der Waals surface area contributed by atoms with E-state index in [-0.39, 0.29) is 18.4 Å². The minimum Gasteiger partial charge on any atom is -0.461 e. The third-order valence-corrected chi connectivity index (χ3v) is 3.86. The Kier molecular flexibility index (Phi) is 3.34. The number of furan rings is 1. The molecule has 2 amide bonds. The molecule has 1 saturated heterocycles. The number of amides is 2. The van der Waals surface area contributed by atoms with Crippen molar-refractivity contribution in [1.29, 1.82) is 0 Å². The van der Waals surface area contributed by atoms with Crippen molar-refractivity contribution in [2.24, 2.45) is 5.92 Å². The molecule has 20 heavy (non-hydrogen) atoms.